The summed E-state index contributed by atoms with van der Waals surface area (Å²) >= 11 is 0. The van der Waals surface area contributed by atoms with Gasteiger partial charge in [-0.15, -0.1) is 6.58 Å². The maximum Gasteiger partial charge on any atom is 0.229 e. The van der Waals surface area contributed by atoms with E-state index >= 15 is 0 Å². The lowest BCUT2D eigenvalue weighted by atomic mass is 9.87. The molecule has 0 aliphatic carbocycles. The number of aromatic nitrogens is 2. The first kappa shape index (κ1) is 16.0. The quantitative estimate of drug-likeness (QED) is 0.802. The topological polar surface area (TPSA) is 49.8 Å². The Morgan fingerprint density at radius 2 is 1.82 bits per heavy atom. The predicted octanol–water partition coefficient (Wildman–Crippen LogP) is 4.42. The summed E-state index contributed by atoms with van der Waals surface area (Å²) in [7, 11) is 0. The van der Waals surface area contributed by atoms with Crippen molar-refractivity contribution in [1.82, 2.24) is 9.97 Å². The Kier molecular flexibility index (Phi) is 4.81. The molecule has 0 saturated heterocycles. The van der Waals surface area contributed by atoms with E-state index in [1.165, 1.54) is 5.56 Å². The molecule has 116 valence electrons. The van der Waals surface area contributed by atoms with Crippen molar-refractivity contribution in [2.75, 3.05) is 17.2 Å². The standard InChI is InChI=1S/C18H24N4/c1-6-11-19-16-12-13(2)20-17(22-16)21-15-9-7-14(8-10-15)18(3,4)5/h6-10,12H,1,11H2,2-5H3,(H2,19,20,21,22). The largest absolute Gasteiger partial charge is 0.366 e. The molecule has 22 heavy (non-hydrogen) atoms. The molecule has 1 aromatic carbocycles. The van der Waals surface area contributed by atoms with Crippen LogP contribution in [0.15, 0.2) is 43.0 Å². The summed E-state index contributed by atoms with van der Waals surface area (Å²) in [5, 5.41) is 6.43. The number of hydrogen-bond donors (Lipinski definition) is 2. The highest BCUT2D eigenvalue weighted by Crippen LogP contribution is 2.24. The second-order valence-electron chi connectivity index (χ2n) is 6.34. The molecule has 0 aliphatic rings. The number of benzene rings is 1. The van der Waals surface area contributed by atoms with E-state index in [4.69, 9.17) is 0 Å². The average Bonchev–Trinajstić information content (AvgIpc) is 2.44. The fraction of sp³-hybridized carbons (Fsp3) is 0.333. The van der Waals surface area contributed by atoms with Gasteiger partial charge in [0.1, 0.15) is 5.82 Å². The molecule has 0 aliphatic heterocycles. The molecule has 0 fully saturated rings. The first-order valence-electron chi connectivity index (χ1n) is 7.46. The molecule has 0 amide bonds. The molecule has 0 unspecified atom stereocenters. The van der Waals surface area contributed by atoms with Crippen LogP contribution in [-0.2, 0) is 5.41 Å². The number of rotatable bonds is 5. The van der Waals surface area contributed by atoms with Crippen molar-refractivity contribution in [3.63, 3.8) is 0 Å². The van der Waals surface area contributed by atoms with Crippen molar-refractivity contribution in [3.05, 3.63) is 54.2 Å². The summed E-state index contributed by atoms with van der Waals surface area (Å²) in [6.45, 7) is 12.9. The fourth-order valence-corrected chi connectivity index (χ4v) is 2.07. The Hall–Kier alpha value is -2.36. The minimum atomic E-state index is 0.153. The van der Waals surface area contributed by atoms with E-state index in [0.717, 1.165) is 17.2 Å². The first-order chi connectivity index (χ1) is 10.4. The second kappa shape index (κ2) is 6.60. The maximum atomic E-state index is 4.46. The Morgan fingerprint density at radius 1 is 1.14 bits per heavy atom. The van der Waals surface area contributed by atoms with Gasteiger partial charge in [-0.2, -0.15) is 4.98 Å². The van der Waals surface area contributed by atoms with Gasteiger partial charge in [-0.3, -0.25) is 0 Å². The van der Waals surface area contributed by atoms with Crippen LogP contribution >= 0.6 is 0 Å². The Morgan fingerprint density at radius 3 is 2.41 bits per heavy atom. The lowest BCUT2D eigenvalue weighted by Crippen LogP contribution is -2.10. The summed E-state index contributed by atoms with van der Waals surface area (Å²) in [5.41, 5.74) is 3.35. The SMILES string of the molecule is C=CCNc1cc(C)nc(Nc2ccc(C(C)(C)C)cc2)n1. The zero-order chi connectivity index (χ0) is 16.2. The Balaban J connectivity index is 2.16. The molecule has 4 nitrogen and oxygen atoms in total. The normalized spacial score (nSPS) is 11.1. The zero-order valence-corrected chi connectivity index (χ0v) is 13.8. The van der Waals surface area contributed by atoms with E-state index in [-0.39, 0.29) is 5.41 Å². The van der Waals surface area contributed by atoms with Crippen LogP contribution in [0.2, 0.25) is 0 Å². The average molecular weight is 296 g/mol. The van der Waals surface area contributed by atoms with Gasteiger partial charge in [-0.1, -0.05) is 39.0 Å². The molecule has 0 radical (unpaired) electrons. The molecule has 2 aromatic rings. The van der Waals surface area contributed by atoms with Gasteiger partial charge in [0.15, 0.2) is 0 Å². The lowest BCUT2D eigenvalue weighted by molar-refractivity contribution is 0.590. The molecule has 0 saturated carbocycles. The van der Waals surface area contributed by atoms with Gasteiger partial charge < -0.3 is 10.6 Å². The van der Waals surface area contributed by atoms with Crippen LogP contribution in [-0.4, -0.2) is 16.5 Å². The first-order valence-corrected chi connectivity index (χ1v) is 7.46. The third-order valence-corrected chi connectivity index (χ3v) is 3.29. The van der Waals surface area contributed by atoms with Crippen molar-refractivity contribution < 1.29 is 0 Å². The molecular weight excluding hydrogens is 272 g/mol. The highest BCUT2D eigenvalue weighted by Gasteiger charge is 2.13. The smallest absolute Gasteiger partial charge is 0.229 e. The van der Waals surface area contributed by atoms with E-state index in [1.807, 2.05) is 13.0 Å². The van der Waals surface area contributed by atoms with Crippen LogP contribution in [0.4, 0.5) is 17.5 Å². The minimum absolute atomic E-state index is 0.153. The molecule has 1 heterocycles. The summed E-state index contributed by atoms with van der Waals surface area (Å²) in [5.74, 6) is 1.39. The number of nitrogens with one attached hydrogen (secondary N) is 2. The number of aryl methyl sites for hydroxylation is 1. The predicted molar refractivity (Wildman–Crippen MR) is 93.9 cm³/mol. The van der Waals surface area contributed by atoms with Gasteiger partial charge in [0.25, 0.3) is 0 Å². The fourth-order valence-electron chi connectivity index (χ4n) is 2.07. The molecule has 0 atom stereocenters. The van der Waals surface area contributed by atoms with Gasteiger partial charge in [0, 0.05) is 24.0 Å². The van der Waals surface area contributed by atoms with Gasteiger partial charge in [-0.25, -0.2) is 4.98 Å². The molecule has 2 N–H and O–H groups in total. The third kappa shape index (κ3) is 4.32. The highest BCUT2D eigenvalue weighted by molar-refractivity contribution is 5.56. The maximum absolute atomic E-state index is 4.46. The zero-order valence-electron chi connectivity index (χ0n) is 13.8. The molecule has 1 aromatic heterocycles. The highest BCUT2D eigenvalue weighted by atomic mass is 15.1. The minimum Gasteiger partial charge on any atom is -0.366 e. The molecule has 0 bridgehead atoms. The summed E-state index contributed by atoms with van der Waals surface area (Å²) < 4.78 is 0. The van der Waals surface area contributed by atoms with Crippen molar-refractivity contribution >= 4 is 17.5 Å². The van der Waals surface area contributed by atoms with Crippen LogP contribution in [0, 0.1) is 6.92 Å². The second-order valence-corrected chi connectivity index (χ2v) is 6.34. The Bertz CT molecular complexity index is 639. The van der Waals surface area contributed by atoms with Crippen LogP contribution in [0.1, 0.15) is 32.0 Å². The van der Waals surface area contributed by atoms with Crippen molar-refractivity contribution in [1.29, 1.82) is 0 Å². The third-order valence-electron chi connectivity index (χ3n) is 3.29. The lowest BCUT2D eigenvalue weighted by Gasteiger charge is -2.19. The van der Waals surface area contributed by atoms with Crippen molar-refractivity contribution in [2.45, 2.75) is 33.1 Å². The van der Waals surface area contributed by atoms with Gasteiger partial charge in [0.05, 0.1) is 0 Å². The molecule has 4 heteroatoms. The van der Waals surface area contributed by atoms with Crippen LogP contribution in [0.25, 0.3) is 0 Å². The van der Waals surface area contributed by atoms with Crippen molar-refractivity contribution in [3.8, 4) is 0 Å². The molecule has 2 rings (SSSR count). The van der Waals surface area contributed by atoms with E-state index in [0.29, 0.717) is 12.5 Å². The van der Waals surface area contributed by atoms with E-state index in [2.05, 4.69) is 72.2 Å². The number of nitrogens with zero attached hydrogens (tertiary/aromatic N) is 2. The Labute approximate surface area is 132 Å². The van der Waals surface area contributed by atoms with Crippen LogP contribution < -0.4 is 10.6 Å². The van der Waals surface area contributed by atoms with Gasteiger partial charge >= 0.3 is 0 Å². The van der Waals surface area contributed by atoms with Crippen LogP contribution in [0.3, 0.4) is 0 Å². The van der Waals surface area contributed by atoms with E-state index in [9.17, 15) is 0 Å². The monoisotopic (exact) mass is 296 g/mol. The van der Waals surface area contributed by atoms with Crippen LogP contribution in [0.5, 0.6) is 0 Å². The molecule has 0 spiro atoms. The van der Waals surface area contributed by atoms with Gasteiger partial charge in [-0.05, 0) is 30.0 Å². The van der Waals surface area contributed by atoms with E-state index in [1.54, 1.807) is 6.08 Å². The van der Waals surface area contributed by atoms with Gasteiger partial charge in [0.2, 0.25) is 5.95 Å². The summed E-state index contributed by atoms with van der Waals surface area (Å²) in [4.78, 5) is 8.88. The molecular formula is C18H24N4. The number of anilines is 3. The summed E-state index contributed by atoms with van der Waals surface area (Å²) in [6, 6.07) is 10.3. The number of hydrogen-bond acceptors (Lipinski definition) is 4. The van der Waals surface area contributed by atoms with Crippen molar-refractivity contribution in [2.24, 2.45) is 0 Å². The van der Waals surface area contributed by atoms with E-state index < -0.39 is 0 Å². The summed E-state index contributed by atoms with van der Waals surface area (Å²) in [6.07, 6.45) is 1.80.